The van der Waals surface area contributed by atoms with Gasteiger partial charge in [0.05, 0.1) is 14.2 Å². The van der Waals surface area contributed by atoms with Crippen molar-refractivity contribution in [2.45, 2.75) is 17.7 Å². The van der Waals surface area contributed by atoms with E-state index in [1.54, 1.807) is 0 Å². The molecule has 0 aromatic heterocycles. The summed E-state index contributed by atoms with van der Waals surface area (Å²) in [7, 11) is 2.37. The first-order valence-corrected chi connectivity index (χ1v) is 5.82. The van der Waals surface area contributed by atoms with Crippen molar-refractivity contribution in [2.24, 2.45) is 0 Å². The number of carbonyl (C=O) groups is 2. The number of esters is 2. The lowest BCUT2D eigenvalue weighted by Crippen LogP contribution is -2.43. The number of aryl methyl sites for hydroxylation is 1. The summed E-state index contributed by atoms with van der Waals surface area (Å²) in [6.07, 6.45) is 0.604. The quantitative estimate of drug-likeness (QED) is 0.466. The Bertz CT molecular complexity index is 400. The summed E-state index contributed by atoms with van der Waals surface area (Å²) in [4.78, 5) is 21.4. The van der Waals surface area contributed by atoms with E-state index in [2.05, 4.69) is 9.47 Å². The summed E-state index contributed by atoms with van der Waals surface area (Å²) < 4.78 is 9.11. The summed E-state index contributed by atoms with van der Waals surface area (Å²) in [5.74, 6) is -1.60. The van der Waals surface area contributed by atoms with Gasteiger partial charge in [0.2, 0.25) is 4.87 Å². The van der Waals surface area contributed by atoms with Crippen molar-refractivity contribution < 1.29 is 19.1 Å². The van der Waals surface area contributed by atoms with E-state index in [0.29, 0.717) is 6.42 Å². The molecule has 0 N–H and O–H groups in total. The van der Waals surface area contributed by atoms with Crippen LogP contribution < -0.4 is 0 Å². The van der Waals surface area contributed by atoms with Gasteiger partial charge < -0.3 is 9.47 Å². The zero-order valence-electron chi connectivity index (χ0n) is 10.3. The van der Waals surface area contributed by atoms with Crippen LogP contribution >= 0.6 is 11.6 Å². The van der Waals surface area contributed by atoms with Crippen LogP contribution in [0, 0.1) is 0 Å². The molecule has 0 heterocycles. The van der Waals surface area contributed by atoms with Crippen molar-refractivity contribution in [3.8, 4) is 0 Å². The minimum absolute atomic E-state index is 0.123. The molecule has 0 aliphatic heterocycles. The fourth-order valence-electron chi connectivity index (χ4n) is 1.57. The molecule has 0 saturated carbocycles. The van der Waals surface area contributed by atoms with Gasteiger partial charge in [0.1, 0.15) is 0 Å². The number of halogens is 1. The Hall–Kier alpha value is -1.55. The number of rotatable bonds is 5. The Labute approximate surface area is 111 Å². The predicted molar refractivity (Wildman–Crippen MR) is 67.4 cm³/mol. The zero-order valence-corrected chi connectivity index (χ0v) is 11.1. The van der Waals surface area contributed by atoms with Crippen LogP contribution in [0.1, 0.15) is 12.0 Å². The smallest absolute Gasteiger partial charge is 0.338 e. The lowest BCUT2D eigenvalue weighted by Gasteiger charge is -2.21. The molecule has 4 nitrogen and oxygen atoms in total. The number of hydrogen-bond acceptors (Lipinski definition) is 4. The second kappa shape index (κ2) is 6.40. The second-order valence-electron chi connectivity index (χ2n) is 3.77. The van der Waals surface area contributed by atoms with Gasteiger partial charge in [0.15, 0.2) is 0 Å². The van der Waals surface area contributed by atoms with Crippen molar-refractivity contribution in [3.05, 3.63) is 35.9 Å². The molecule has 98 valence electrons. The van der Waals surface area contributed by atoms with Crippen molar-refractivity contribution >= 4 is 23.5 Å². The minimum atomic E-state index is -1.78. The molecule has 1 aromatic rings. The maximum Gasteiger partial charge on any atom is 0.338 e. The van der Waals surface area contributed by atoms with Gasteiger partial charge in [0, 0.05) is 0 Å². The SMILES string of the molecule is COC(=O)C(Cl)(CCc1ccccc1)C(=O)OC. The van der Waals surface area contributed by atoms with Crippen LogP contribution in [0.4, 0.5) is 0 Å². The molecular formula is C13H15ClO4. The number of methoxy groups -OCH3 is 2. The van der Waals surface area contributed by atoms with Crippen LogP contribution in [-0.4, -0.2) is 31.0 Å². The second-order valence-corrected chi connectivity index (χ2v) is 4.42. The Kier molecular flexibility index (Phi) is 5.16. The van der Waals surface area contributed by atoms with Crippen LogP contribution in [0.5, 0.6) is 0 Å². The zero-order chi connectivity index (χ0) is 13.6. The first-order valence-electron chi connectivity index (χ1n) is 5.44. The van der Waals surface area contributed by atoms with Gasteiger partial charge >= 0.3 is 11.9 Å². The third-order valence-corrected chi connectivity index (χ3v) is 3.12. The van der Waals surface area contributed by atoms with Crippen LogP contribution in [0.25, 0.3) is 0 Å². The Balaban J connectivity index is 2.80. The summed E-state index contributed by atoms with van der Waals surface area (Å²) >= 11 is 6.04. The van der Waals surface area contributed by atoms with E-state index in [1.807, 2.05) is 30.3 Å². The van der Waals surface area contributed by atoms with Crippen LogP contribution in [0.3, 0.4) is 0 Å². The highest BCUT2D eigenvalue weighted by molar-refractivity contribution is 6.44. The molecule has 0 spiro atoms. The highest BCUT2D eigenvalue weighted by Crippen LogP contribution is 2.25. The maximum atomic E-state index is 11.6. The van der Waals surface area contributed by atoms with Gasteiger partial charge in [0.25, 0.3) is 0 Å². The Morgan fingerprint density at radius 3 is 2.06 bits per heavy atom. The molecule has 1 aromatic carbocycles. The van der Waals surface area contributed by atoms with E-state index in [-0.39, 0.29) is 6.42 Å². The third-order valence-electron chi connectivity index (χ3n) is 2.62. The van der Waals surface area contributed by atoms with E-state index in [9.17, 15) is 9.59 Å². The molecule has 0 amide bonds. The van der Waals surface area contributed by atoms with E-state index in [1.165, 1.54) is 14.2 Å². The fraction of sp³-hybridized carbons (Fsp3) is 0.385. The molecule has 0 atom stereocenters. The number of alkyl halides is 1. The van der Waals surface area contributed by atoms with E-state index in [0.717, 1.165) is 5.56 Å². The number of hydrogen-bond donors (Lipinski definition) is 0. The number of carbonyl (C=O) groups excluding carboxylic acids is 2. The number of ether oxygens (including phenoxy) is 2. The Morgan fingerprint density at radius 2 is 1.61 bits per heavy atom. The van der Waals surface area contributed by atoms with Gasteiger partial charge in [-0.25, -0.2) is 9.59 Å². The molecule has 0 aliphatic carbocycles. The minimum Gasteiger partial charge on any atom is -0.467 e. The van der Waals surface area contributed by atoms with Crippen molar-refractivity contribution in [1.29, 1.82) is 0 Å². The predicted octanol–water partition coefficient (Wildman–Crippen LogP) is 1.94. The molecule has 18 heavy (non-hydrogen) atoms. The van der Waals surface area contributed by atoms with Crippen LogP contribution in [0.2, 0.25) is 0 Å². The Morgan fingerprint density at radius 1 is 1.11 bits per heavy atom. The first kappa shape index (κ1) is 14.5. The molecule has 0 fully saturated rings. The summed E-state index contributed by atoms with van der Waals surface area (Å²) in [6.45, 7) is 0. The van der Waals surface area contributed by atoms with Crippen LogP contribution in [-0.2, 0) is 25.5 Å². The largest absolute Gasteiger partial charge is 0.467 e. The van der Waals surface area contributed by atoms with E-state index in [4.69, 9.17) is 11.6 Å². The fourth-order valence-corrected chi connectivity index (χ4v) is 1.82. The van der Waals surface area contributed by atoms with Crippen molar-refractivity contribution in [1.82, 2.24) is 0 Å². The van der Waals surface area contributed by atoms with Gasteiger partial charge in [-0.3, -0.25) is 0 Å². The molecule has 0 aliphatic rings. The number of benzene rings is 1. The molecule has 0 radical (unpaired) electrons. The van der Waals surface area contributed by atoms with Gasteiger partial charge in [-0.2, -0.15) is 0 Å². The monoisotopic (exact) mass is 270 g/mol. The van der Waals surface area contributed by atoms with Gasteiger partial charge in [-0.1, -0.05) is 41.9 Å². The average Bonchev–Trinajstić information content (AvgIpc) is 2.43. The lowest BCUT2D eigenvalue weighted by molar-refractivity contribution is -0.156. The first-order chi connectivity index (χ1) is 8.54. The van der Waals surface area contributed by atoms with E-state index >= 15 is 0 Å². The summed E-state index contributed by atoms with van der Waals surface area (Å²) in [5.41, 5.74) is 0.982. The van der Waals surface area contributed by atoms with Crippen molar-refractivity contribution in [2.75, 3.05) is 14.2 Å². The van der Waals surface area contributed by atoms with E-state index < -0.39 is 16.8 Å². The molecular weight excluding hydrogens is 256 g/mol. The third kappa shape index (κ3) is 3.23. The van der Waals surface area contributed by atoms with Gasteiger partial charge in [-0.05, 0) is 18.4 Å². The standard InChI is InChI=1S/C13H15ClO4/c1-17-11(15)13(14,12(16)18-2)9-8-10-6-4-3-5-7-10/h3-7H,8-9H2,1-2H3. The molecule has 5 heteroatoms. The van der Waals surface area contributed by atoms with Crippen LogP contribution in [0.15, 0.2) is 30.3 Å². The molecule has 0 unspecified atom stereocenters. The summed E-state index contributed by atoms with van der Waals surface area (Å²) in [6, 6.07) is 9.43. The summed E-state index contributed by atoms with van der Waals surface area (Å²) in [5, 5.41) is 0. The lowest BCUT2D eigenvalue weighted by atomic mass is 9.98. The highest BCUT2D eigenvalue weighted by Gasteiger charge is 2.46. The highest BCUT2D eigenvalue weighted by atomic mass is 35.5. The van der Waals surface area contributed by atoms with Crippen molar-refractivity contribution in [3.63, 3.8) is 0 Å². The molecule has 0 bridgehead atoms. The topological polar surface area (TPSA) is 52.6 Å². The maximum absolute atomic E-state index is 11.6. The normalized spacial score (nSPS) is 10.8. The molecule has 1 rings (SSSR count). The van der Waals surface area contributed by atoms with Gasteiger partial charge in [-0.15, -0.1) is 0 Å². The molecule has 0 saturated heterocycles. The average molecular weight is 271 g/mol.